The third kappa shape index (κ3) is 7.65. The van der Waals surface area contributed by atoms with Crippen LogP contribution in [-0.4, -0.2) is 49.2 Å². The number of fused-ring (bicyclic) bond motifs is 4. The number of ether oxygens (including phenoxy) is 1. The van der Waals surface area contributed by atoms with Crippen LogP contribution in [0.3, 0.4) is 0 Å². The Bertz CT molecular complexity index is 1500. The van der Waals surface area contributed by atoms with Crippen molar-refractivity contribution in [3.8, 4) is 5.75 Å². The van der Waals surface area contributed by atoms with Gasteiger partial charge in [-0.1, -0.05) is 50.1 Å². The fraction of sp³-hybridized carbons (Fsp3) is 0.676. The van der Waals surface area contributed by atoms with E-state index < -0.39 is 28.5 Å². The SMILES string of the molecule is COc1ccc(CC(NC(=O)C(C)=CCCC(C)C2CCC3=C4CCC5CC(OS(=O)(=O)O)CCC5(C)C4CCC32C)C(=O)O)cc1. The molecular formula is C37H53NO8S. The van der Waals surface area contributed by atoms with Gasteiger partial charge in [-0.15, -0.1) is 0 Å². The van der Waals surface area contributed by atoms with Gasteiger partial charge in [0.1, 0.15) is 11.8 Å². The van der Waals surface area contributed by atoms with Gasteiger partial charge in [-0.05, 0) is 130 Å². The van der Waals surface area contributed by atoms with E-state index in [1.807, 2.05) is 18.2 Å². The lowest BCUT2D eigenvalue weighted by Crippen LogP contribution is -2.48. The summed E-state index contributed by atoms with van der Waals surface area (Å²) < 4.78 is 42.1. The fourth-order valence-corrected chi connectivity index (χ4v) is 10.5. The topological polar surface area (TPSA) is 139 Å². The van der Waals surface area contributed by atoms with E-state index >= 15 is 0 Å². The lowest BCUT2D eigenvalue weighted by Gasteiger charge is -2.57. The van der Waals surface area contributed by atoms with Crippen LogP contribution in [0.2, 0.25) is 0 Å². The summed E-state index contributed by atoms with van der Waals surface area (Å²) in [7, 11) is -2.86. The molecule has 0 bridgehead atoms. The molecule has 8 atom stereocenters. The summed E-state index contributed by atoms with van der Waals surface area (Å²) in [6, 6.07) is 6.16. The lowest BCUT2D eigenvalue weighted by atomic mass is 9.49. The zero-order valence-corrected chi connectivity index (χ0v) is 29.4. The van der Waals surface area contributed by atoms with Crippen molar-refractivity contribution in [1.82, 2.24) is 5.32 Å². The first kappa shape index (κ1) is 35.6. The van der Waals surface area contributed by atoms with Crippen LogP contribution in [-0.2, 0) is 30.6 Å². The van der Waals surface area contributed by atoms with Gasteiger partial charge >= 0.3 is 16.4 Å². The number of amides is 1. The average Bonchev–Trinajstić information content (AvgIpc) is 3.37. The van der Waals surface area contributed by atoms with Gasteiger partial charge in [0.25, 0.3) is 0 Å². The molecule has 8 unspecified atom stereocenters. The minimum atomic E-state index is -4.43. The second kappa shape index (κ2) is 14.0. The maximum Gasteiger partial charge on any atom is 0.397 e. The molecule has 0 radical (unpaired) electrons. The van der Waals surface area contributed by atoms with Crippen molar-refractivity contribution >= 4 is 22.3 Å². The number of hydrogen-bond donors (Lipinski definition) is 3. The zero-order valence-electron chi connectivity index (χ0n) is 28.6. The van der Waals surface area contributed by atoms with Crippen LogP contribution < -0.4 is 10.1 Å². The normalized spacial score (nSPS) is 32.1. The van der Waals surface area contributed by atoms with E-state index in [1.54, 1.807) is 37.3 Å². The van der Waals surface area contributed by atoms with Crippen molar-refractivity contribution in [2.24, 2.45) is 34.5 Å². The molecule has 1 aromatic rings. The number of carbonyl (C=O) groups excluding carboxylic acids is 1. The van der Waals surface area contributed by atoms with Gasteiger partial charge in [-0.2, -0.15) is 8.42 Å². The van der Waals surface area contributed by atoms with Gasteiger partial charge < -0.3 is 15.2 Å². The Morgan fingerprint density at radius 3 is 2.47 bits per heavy atom. The molecule has 0 spiro atoms. The van der Waals surface area contributed by atoms with Gasteiger partial charge in [-0.3, -0.25) is 9.35 Å². The first-order chi connectivity index (χ1) is 22.1. The molecule has 10 heteroatoms. The number of carboxylic acid groups (broad SMARTS) is 1. The van der Waals surface area contributed by atoms with Crippen molar-refractivity contribution in [2.75, 3.05) is 7.11 Å². The minimum absolute atomic E-state index is 0.141. The van der Waals surface area contributed by atoms with Gasteiger partial charge in [0.15, 0.2) is 0 Å². The maximum absolute atomic E-state index is 12.9. The van der Waals surface area contributed by atoms with Gasteiger partial charge in [0.05, 0.1) is 13.2 Å². The molecule has 3 N–H and O–H groups in total. The number of allylic oxidation sites excluding steroid dienone is 3. The summed E-state index contributed by atoms with van der Waals surface area (Å²) in [6.45, 7) is 9.00. The summed E-state index contributed by atoms with van der Waals surface area (Å²) in [5.41, 5.74) is 5.04. The van der Waals surface area contributed by atoms with Crippen molar-refractivity contribution in [1.29, 1.82) is 0 Å². The summed E-state index contributed by atoms with van der Waals surface area (Å²) >= 11 is 0. The average molecular weight is 672 g/mol. The Kier molecular flexibility index (Phi) is 10.6. The first-order valence-electron chi connectivity index (χ1n) is 17.4. The fourth-order valence-electron chi connectivity index (χ4n) is 9.99. The largest absolute Gasteiger partial charge is 0.497 e. The zero-order chi connectivity index (χ0) is 34.1. The molecule has 0 heterocycles. The Labute approximate surface area is 280 Å². The second-order valence-electron chi connectivity index (χ2n) is 15.2. The number of hydrogen-bond acceptors (Lipinski definition) is 6. The quantitative estimate of drug-likeness (QED) is 0.122. The molecule has 9 nitrogen and oxygen atoms in total. The maximum atomic E-state index is 12.9. The molecule has 5 rings (SSSR count). The Morgan fingerprint density at radius 2 is 1.81 bits per heavy atom. The van der Waals surface area contributed by atoms with Gasteiger partial charge in [0, 0.05) is 12.0 Å². The predicted molar refractivity (Wildman–Crippen MR) is 180 cm³/mol. The van der Waals surface area contributed by atoms with Crippen molar-refractivity contribution in [3.05, 3.63) is 52.6 Å². The number of carbonyl (C=O) groups is 2. The van der Waals surface area contributed by atoms with Gasteiger partial charge in [-0.25, -0.2) is 8.98 Å². The van der Waals surface area contributed by atoms with E-state index in [0.29, 0.717) is 47.8 Å². The van der Waals surface area contributed by atoms with E-state index in [-0.39, 0.29) is 23.2 Å². The van der Waals surface area contributed by atoms with E-state index in [4.69, 9.17) is 8.92 Å². The molecule has 1 aromatic carbocycles. The van der Waals surface area contributed by atoms with E-state index in [0.717, 1.165) is 50.5 Å². The van der Waals surface area contributed by atoms with Crippen LogP contribution >= 0.6 is 0 Å². The Hall–Kier alpha value is -2.69. The molecule has 0 saturated heterocycles. The summed E-state index contributed by atoms with van der Waals surface area (Å²) in [6.07, 6.45) is 12.5. The molecule has 47 heavy (non-hydrogen) atoms. The van der Waals surface area contributed by atoms with E-state index in [9.17, 15) is 27.7 Å². The van der Waals surface area contributed by atoms with Crippen LogP contribution in [0.15, 0.2) is 47.1 Å². The van der Waals surface area contributed by atoms with E-state index in [1.165, 1.54) is 12.8 Å². The first-order valence-corrected chi connectivity index (χ1v) is 18.7. The highest BCUT2D eigenvalue weighted by atomic mass is 32.3. The van der Waals surface area contributed by atoms with Crippen LogP contribution in [0, 0.1) is 34.5 Å². The van der Waals surface area contributed by atoms with Crippen LogP contribution in [0.5, 0.6) is 5.75 Å². The number of rotatable bonds is 12. The van der Waals surface area contributed by atoms with Crippen molar-refractivity contribution < 1.29 is 36.6 Å². The molecule has 0 aliphatic heterocycles. The minimum Gasteiger partial charge on any atom is -0.497 e. The molecule has 4 aliphatic carbocycles. The van der Waals surface area contributed by atoms with Crippen molar-refractivity contribution in [2.45, 2.75) is 117 Å². The van der Waals surface area contributed by atoms with E-state index in [2.05, 4.69) is 26.1 Å². The summed E-state index contributed by atoms with van der Waals surface area (Å²) in [5, 5.41) is 12.5. The lowest BCUT2D eigenvalue weighted by molar-refractivity contribution is -0.141. The molecule has 4 aliphatic rings. The summed E-state index contributed by atoms with van der Waals surface area (Å²) in [4.78, 5) is 24.9. The highest BCUT2D eigenvalue weighted by Crippen LogP contribution is 2.66. The molecule has 1 amide bonds. The number of nitrogens with one attached hydrogen (secondary N) is 1. The predicted octanol–water partition coefficient (Wildman–Crippen LogP) is 7.08. The number of methoxy groups -OCH3 is 1. The van der Waals surface area contributed by atoms with Crippen molar-refractivity contribution in [3.63, 3.8) is 0 Å². The van der Waals surface area contributed by atoms with Gasteiger partial charge in [0.2, 0.25) is 5.91 Å². The highest BCUT2D eigenvalue weighted by molar-refractivity contribution is 7.80. The van der Waals surface area contributed by atoms with Crippen LogP contribution in [0.1, 0.15) is 104 Å². The number of aliphatic carboxylic acids is 1. The number of benzene rings is 1. The molecule has 260 valence electrons. The third-order valence-electron chi connectivity index (χ3n) is 12.6. The molecule has 0 aromatic heterocycles. The summed E-state index contributed by atoms with van der Waals surface area (Å²) in [5.74, 6) is 1.29. The smallest absolute Gasteiger partial charge is 0.397 e. The molecule has 3 saturated carbocycles. The second-order valence-corrected chi connectivity index (χ2v) is 16.2. The third-order valence-corrected chi connectivity index (χ3v) is 13.1. The number of carboxylic acids is 1. The van der Waals surface area contributed by atoms with Crippen LogP contribution in [0.4, 0.5) is 0 Å². The standard InChI is InChI=1S/C37H53NO8S/c1-23(7-6-8-24(2)34(39)38-33(35(40)41)21-25-9-12-27(45-5)13-10-25)30-15-16-31-29-14-11-26-22-28(46-47(42,43)44)17-19-36(26,3)32(29)18-20-37(30,31)4/h8-10,12-13,23,26,28,30,32-33H,6-7,11,14-22H2,1-5H3,(H,38,39)(H,40,41)(H,42,43,44). The van der Waals surface area contributed by atoms with Crippen LogP contribution in [0.25, 0.3) is 0 Å². The molecule has 3 fully saturated rings. The Morgan fingerprint density at radius 1 is 1.09 bits per heavy atom. The monoisotopic (exact) mass is 671 g/mol. The Balaban J connectivity index is 1.18. The molecular weight excluding hydrogens is 618 g/mol. The highest BCUT2D eigenvalue weighted by Gasteiger charge is 2.56.